The fourth-order valence-corrected chi connectivity index (χ4v) is 2.10. The molecule has 0 amide bonds. The second-order valence-electron chi connectivity index (χ2n) is 4.43. The van der Waals surface area contributed by atoms with Crippen LogP contribution in [-0.2, 0) is 11.2 Å². The zero-order chi connectivity index (χ0) is 13.7. The Bertz CT molecular complexity index is 473. The minimum absolute atomic E-state index is 0.700. The summed E-state index contributed by atoms with van der Waals surface area (Å²) in [5.74, 6) is 0.0231. The number of ether oxygens (including phenoxy) is 1. The van der Waals surface area contributed by atoms with Gasteiger partial charge in [0, 0.05) is 6.08 Å². The lowest BCUT2D eigenvalue weighted by atomic mass is 9.96. The molecule has 0 fully saturated rings. The van der Waals surface area contributed by atoms with Crippen molar-refractivity contribution in [2.24, 2.45) is 0 Å². The van der Waals surface area contributed by atoms with Crippen LogP contribution < -0.4 is 4.74 Å². The molecule has 0 spiro atoms. The summed E-state index contributed by atoms with van der Waals surface area (Å²) in [5.41, 5.74) is 4.73. The van der Waals surface area contributed by atoms with Crippen LogP contribution in [0.15, 0.2) is 18.2 Å². The number of aliphatic carboxylic acids is 1. The van der Waals surface area contributed by atoms with Crippen LogP contribution in [0.5, 0.6) is 5.75 Å². The molecule has 0 bridgehead atoms. The predicted octanol–water partition coefficient (Wildman–Crippen LogP) is 3.19. The number of carbonyl (C=O) groups is 1. The maximum atomic E-state index is 10.4. The highest BCUT2D eigenvalue weighted by Gasteiger charge is 2.11. The average Bonchev–Trinajstić information content (AvgIpc) is 2.30. The number of methoxy groups -OCH3 is 1. The molecule has 0 heterocycles. The van der Waals surface area contributed by atoms with Gasteiger partial charge in [0.1, 0.15) is 5.75 Å². The van der Waals surface area contributed by atoms with Gasteiger partial charge in [-0.1, -0.05) is 12.1 Å². The topological polar surface area (TPSA) is 46.5 Å². The van der Waals surface area contributed by atoms with Crippen molar-refractivity contribution in [3.05, 3.63) is 40.5 Å². The summed E-state index contributed by atoms with van der Waals surface area (Å²) in [5, 5.41) is 8.54. The third-order valence-corrected chi connectivity index (χ3v) is 3.14. The van der Waals surface area contributed by atoms with E-state index in [-0.39, 0.29) is 0 Å². The zero-order valence-corrected chi connectivity index (χ0v) is 11.4. The van der Waals surface area contributed by atoms with Crippen molar-refractivity contribution in [2.45, 2.75) is 33.6 Å². The summed E-state index contributed by atoms with van der Waals surface area (Å²) in [6.45, 7) is 6.17. The quantitative estimate of drug-likeness (QED) is 0.814. The normalized spacial score (nSPS) is 10.9. The molecule has 0 unspecified atom stereocenters. The fourth-order valence-electron chi connectivity index (χ4n) is 2.10. The number of aryl methyl sites for hydroxylation is 2. The molecular weight excluding hydrogens is 228 g/mol. The monoisotopic (exact) mass is 248 g/mol. The van der Waals surface area contributed by atoms with E-state index >= 15 is 0 Å². The van der Waals surface area contributed by atoms with Gasteiger partial charge in [-0.2, -0.15) is 0 Å². The fraction of sp³-hybridized carbons (Fsp3) is 0.400. The molecule has 0 aromatic heterocycles. The molecule has 98 valence electrons. The SMILES string of the molecule is COc1c(C)c(C)cc(C)c1CC/C=C/C(=O)O. The van der Waals surface area contributed by atoms with Crippen molar-refractivity contribution in [3.8, 4) is 5.75 Å². The predicted molar refractivity (Wildman–Crippen MR) is 72.3 cm³/mol. The summed E-state index contributed by atoms with van der Waals surface area (Å²) < 4.78 is 5.48. The molecule has 0 aliphatic rings. The largest absolute Gasteiger partial charge is 0.496 e. The van der Waals surface area contributed by atoms with Gasteiger partial charge in [0.05, 0.1) is 7.11 Å². The second kappa shape index (κ2) is 6.24. The zero-order valence-electron chi connectivity index (χ0n) is 11.4. The van der Waals surface area contributed by atoms with Gasteiger partial charge in [0.25, 0.3) is 0 Å². The van der Waals surface area contributed by atoms with Crippen LogP contribution in [0, 0.1) is 20.8 Å². The number of rotatable bonds is 5. The van der Waals surface area contributed by atoms with Crippen molar-refractivity contribution in [1.82, 2.24) is 0 Å². The van der Waals surface area contributed by atoms with Gasteiger partial charge in [0.15, 0.2) is 0 Å². The third kappa shape index (κ3) is 3.36. The molecule has 0 saturated carbocycles. The second-order valence-corrected chi connectivity index (χ2v) is 4.43. The van der Waals surface area contributed by atoms with E-state index in [9.17, 15) is 4.79 Å². The molecule has 0 aliphatic heterocycles. The summed E-state index contributed by atoms with van der Waals surface area (Å²) in [6, 6.07) is 2.15. The van der Waals surface area contributed by atoms with Crippen LogP contribution in [0.2, 0.25) is 0 Å². The van der Waals surface area contributed by atoms with E-state index in [1.807, 2.05) is 6.92 Å². The van der Waals surface area contributed by atoms with Gasteiger partial charge in [-0.25, -0.2) is 4.79 Å². The lowest BCUT2D eigenvalue weighted by molar-refractivity contribution is -0.131. The number of allylic oxidation sites excluding steroid dienone is 1. The van der Waals surface area contributed by atoms with E-state index in [2.05, 4.69) is 19.9 Å². The van der Waals surface area contributed by atoms with E-state index in [0.29, 0.717) is 6.42 Å². The van der Waals surface area contributed by atoms with E-state index in [4.69, 9.17) is 9.84 Å². The Hall–Kier alpha value is -1.77. The van der Waals surface area contributed by atoms with E-state index in [1.54, 1.807) is 13.2 Å². The molecule has 0 saturated heterocycles. The first-order valence-electron chi connectivity index (χ1n) is 6.00. The van der Waals surface area contributed by atoms with E-state index in [0.717, 1.165) is 23.3 Å². The van der Waals surface area contributed by atoms with Crippen molar-refractivity contribution in [1.29, 1.82) is 0 Å². The minimum atomic E-state index is -0.904. The molecule has 3 nitrogen and oxygen atoms in total. The van der Waals surface area contributed by atoms with Gasteiger partial charge in [-0.15, -0.1) is 0 Å². The van der Waals surface area contributed by atoms with Crippen LogP contribution in [-0.4, -0.2) is 18.2 Å². The Labute approximate surface area is 108 Å². The molecule has 3 heteroatoms. The van der Waals surface area contributed by atoms with Crippen LogP contribution in [0.1, 0.15) is 28.7 Å². The number of carboxylic acid groups (broad SMARTS) is 1. The standard InChI is InChI=1S/C15H20O3/c1-10-9-11(2)13(15(18-4)12(10)3)7-5-6-8-14(16)17/h6,8-9H,5,7H2,1-4H3,(H,16,17)/b8-6+. The smallest absolute Gasteiger partial charge is 0.327 e. The Morgan fingerprint density at radius 1 is 1.33 bits per heavy atom. The van der Waals surface area contributed by atoms with Crippen molar-refractivity contribution in [2.75, 3.05) is 7.11 Å². The highest BCUT2D eigenvalue weighted by atomic mass is 16.5. The third-order valence-electron chi connectivity index (χ3n) is 3.14. The van der Waals surface area contributed by atoms with Gasteiger partial charge < -0.3 is 9.84 Å². The number of benzene rings is 1. The molecule has 1 aromatic rings. The molecule has 1 aromatic carbocycles. The first-order chi connectivity index (χ1) is 8.47. The Morgan fingerprint density at radius 2 is 2.00 bits per heavy atom. The summed E-state index contributed by atoms with van der Waals surface area (Å²) in [4.78, 5) is 10.4. The minimum Gasteiger partial charge on any atom is -0.496 e. The van der Waals surface area contributed by atoms with Gasteiger partial charge in [-0.05, 0) is 55.9 Å². The highest BCUT2D eigenvalue weighted by Crippen LogP contribution is 2.30. The summed E-state index contributed by atoms with van der Waals surface area (Å²) in [7, 11) is 1.68. The van der Waals surface area contributed by atoms with Crippen molar-refractivity contribution in [3.63, 3.8) is 0 Å². The van der Waals surface area contributed by atoms with Crippen LogP contribution in [0.4, 0.5) is 0 Å². The number of hydrogen-bond acceptors (Lipinski definition) is 2. The van der Waals surface area contributed by atoms with E-state index < -0.39 is 5.97 Å². The van der Waals surface area contributed by atoms with Gasteiger partial charge >= 0.3 is 5.97 Å². The summed E-state index contributed by atoms with van der Waals surface area (Å²) in [6.07, 6.45) is 4.35. The molecule has 0 aliphatic carbocycles. The van der Waals surface area contributed by atoms with Crippen LogP contribution in [0.25, 0.3) is 0 Å². The molecule has 18 heavy (non-hydrogen) atoms. The van der Waals surface area contributed by atoms with Crippen molar-refractivity contribution >= 4 is 5.97 Å². The maximum Gasteiger partial charge on any atom is 0.327 e. The number of hydrogen-bond donors (Lipinski definition) is 1. The van der Waals surface area contributed by atoms with E-state index in [1.165, 1.54) is 17.2 Å². The van der Waals surface area contributed by atoms with Crippen LogP contribution >= 0.6 is 0 Å². The summed E-state index contributed by atoms with van der Waals surface area (Å²) >= 11 is 0. The van der Waals surface area contributed by atoms with Crippen LogP contribution in [0.3, 0.4) is 0 Å². The molecule has 0 radical (unpaired) electrons. The first-order valence-corrected chi connectivity index (χ1v) is 6.00. The molecule has 1 rings (SSSR count). The Morgan fingerprint density at radius 3 is 2.56 bits per heavy atom. The molecule has 0 atom stereocenters. The Balaban J connectivity index is 2.94. The molecule has 1 N–H and O–H groups in total. The lowest BCUT2D eigenvalue weighted by Crippen LogP contribution is -2.00. The lowest BCUT2D eigenvalue weighted by Gasteiger charge is -2.16. The Kier molecular flexibility index (Phi) is 4.95. The number of carboxylic acids is 1. The van der Waals surface area contributed by atoms with Crippen molar-refractivity contribution < 1.29 is 14.6 Å². The van der Waals surface area contributed by atoms with Gasteiger partial charge in [0.2, 0.25) is 0 Å². The average molecular weight is 248 g/mol. The highest BCUT2D eigenvalue weighted by molar-refractivity contribution is 5.79. The van der Waals surface area contributed by atoms with Gasteiger partial charge in [-0.3, -0.25) is 0 Å². The maximum absolute atomic E-state index is 10.4. The molecular formula is C15H20O3. The first kappa shape index (κ1) is 14.3.